The van der Waals surface area contributed by atoms with Gasteiger partial charge in [0.25, 0.3) is 5.91 Å². The molecule has 3 aromatic carbocycles. The Morgan fingerprint density at radius 3 is 2.13 bits per heavy atom. The molecule has 6 N–H and O–H groups in total. The maximum absolute atomic E-state index is 12.8. The van der Waals surface area contributed by atoms with E-state index in [1.165, 1.54) is 0 Å². The number of nitrogens with two attached hydrogens (primary N) is 2. The molecule has 4 rings (SSSR count). The van der Waals surface area contributed by atoms with Gasteiger partial charge in [-0.25, -0.2) is 17.9 Å². The lowest BCUT2D eigenvalue weighted by molar-refractivity contribution is -0.0931. The Bertz CT molecular complexity index is 1630. The highest BCUT2D eigenvalue weighted by molar-refractivity contribution is 7.89. The number of benzene rings is 3. The molecule has 10 nitrogen and oxygen atoms in total. The molecule has 1 fully saturated rings. The van der Waals surface area contributed by atoms with Crippen molar-refractivity contribution in [1.29, 1.82) is 0 Å². The summed E-state index contributed by atoms with van der Waals surface area (Å²) in [5, 5.41) is 11.2. The molecular weight excluding hydrogens is 606 g/mol. The SMILES string of the molecule is CC(C)(C)C(Cc1ccc(-c2ccc(C(=O)NS(C)(=O)=O)c(OC3CCCCC3)c2)cc1)(C[C@@H](O)c1ccc(N)cc1)OC(N)=O. The Morgan fingerprint density at radius 1 is 0.957 bits per heavy atom. The van der Waals surface area contributed by atoms with Gasteiger partial charge < -0.3 is 26.0 Å². The lowest BCUT2D eigenvalue weighted by Gasteiger charge is -2.45. The largest absolute Gasteiger partial charge is 0.490 e. The summed E-state index contributed by atoms with van der Waals surface area (Å²) in [6.07, 6.45) is 4.31. The number of aliphatic hydroxyl groups excluding tert-OH is 1. The van der Waals surface area contributed by atoms with E-state index in [1.807, 2.05) is 49.8 Å². The number of nitrogens with one attached hydrogen (secondary N) is 1. The molecule has 0 aromatic heterocycles. The van der Waals surface area contributed by atoms with Crippen LogP contribution in [0, 0.1) is 5.41 Å². The van der Waals surface area contributed by atoms with Crippen LogP contribution in [0.25, 0.3) is 11.1 Å². The number of hydrogen-bond acceptors (Lipinski definition) is 8. The summed E-state index contributed by atoms with van der Waals surface area (Å²) in [6, 6.07) is 19.7. The van der Waals surface area contributed by atoms with Crippen LogP contribution in [0.3, 0.4) is 0 Å². The zero-order valence-corrected chi connectivity index (χ0v) is 27.7. The number of amides is 2. The summed E-state index contributed by atoms with van der Waals surface area (Å²) < 4.78 is 37.7. The maximum atomic E-state index is 12.8. The Morgan fingerprint density at radius 2 is 1.57 bits per heavy atom. The van der Waals surface area contributed by atoms with E-state index in [0.717, 1.165) is 55.1 Å². The van der Waals surface area contributed by atoms with Crippen LogP contribution in [0.2, 0.25) is 0 Å². The molecule has 0 spiro atoms. The van der Waals surface area contributed by atoms with Crippen LogP contribution in [0.1, 0.15) is 86.9 Å². The van der Waals surface area contributed by atoms with E-state index < -0.39 is 39.1 Å². The Hall–Kier alpha value is -4.09. The summed E-state index contributed by atoms with van der Waals surface area (Å²) in [5.41, 5.74) is 13.5. The minimum atomic E-state index is -3.76. The molecule has 248 valence electrons. The average molecular weight is 652 g/mol. The zero-order chi connectivity index (χ0) is 33.7. The highest BCUT2D eigenvalue weighted by Gasteiger charge is 2.47. The number of nitrogen functional groups attached to an aromatic ring is 1. The van der Waals surface area contributed by atoms with Gasteiger partial charge in [-0.05, 0) is 72.2 Å². The number of hydrogen-bond donors (Lipinski definition) is 4. The predicted octanol–water partition coefficient (Wildman–Crippen LogP) is 5.88. The van der Waals surface area contributed by atoms with Gasteiger partial charge in [-0.2, -0.15) is 0 Å². The molecule has 3 aromatic rings. The van der Waals surface area contributed by atoms with Crippen LogP contribution >= 0.6 is 0 Å². The third-order valence-corrected chi connectivity index (χ3v) is 9.19. The fourth-order valence-corrected chi connectivity index (χ4v) is 6.38. The maximum Gasteiger partial charge on any atom is 0.405 e. The smallest absolute Gasteiger partial charge is 0.405 e. The van der Waals surface area contributed by atoms with Gasteiger partial charge in [0.2, 0.25) is 10.0 Å². The van der Waals surface area contributed by atoms with Crippen LogP contribution in [-0.2, 0) is 21.2 Å². The van der Waals surface area contributed by atoms with Gasteiger partial charge in [0.1, 0.15) is 11.4 Å². The van der Waals surface area contributed by atoms with E-state index in [-0.39, 0.29) is 24.5 Å². The number of aliphatic hydroxyl groups is 1. The number of carbonyl (C=O) groups is 2. The fraction of sp³-hybridized carbons (Fsp3) is 0.429. The summed E-state index contributed by atoms with van der Waals surface area (Å²) >= 11 is 0. The third kappa shape index (κ3) is 9.01. The molecule has 1 saturated carbocycles. The molecule has 2 amide bonds. The average Bonchev–Trinajstić information content (AvgIpc) is 2.96. The molecule has 46 heavy (non-hydrogen) atoms. The van der Waals surface area contributed by atoms with Crippen LogP contribution < -0.4 is 20.9 Å². The molecule has 2 atom stereocenters. The Labute approximate surface area is 271 Å². The lowest BCUT2D eigenvalue weighted by Crippen LogP contribution is -2.51. The van der Waals surface area contributed by atoms with Gasteiger partial charge in [-0.15, -0.1) is 0 Å². The molecular formula is C35H45N3O7S. The van der Waals surface area contributed by atoms with Crippen molar-refractivity contribution in [3.63, 3.8) is 0 Å². The van der Waals surface area contributed by atoms with Crippen molar-refractivity contribution in [3.05, 3.63) is 83.4 Å². The van der Waals surface area contributed by atoms with Gasteiger partial charge in [0, 0.05) is 23.9 Å². The second-order valence-electron chi connectivity index (χ2n) is 13.2. The van der Waals surface area contributed by atoms with Crippen molar-refractivity contribution in [1.82, 2.24) is 4.72 Å². The first kappa shape index (κ1) is 34.8. The summed E-state index contributed by atoms with van der Waals surface area (Å²) in [7, 11) is -3.76. The van der Waals surface area contributed by atoms with Crippen molar-refractivity contribution in [2.45, 2.75) is 83.5 Å². The normalized spacial score (nSPS) is 16.2. The number of ether oxygens (including phenoxy) is 2. The first-order valence-electron chi connectivity index (χ1n) is 15.5. The van der Waals surface area contributed by atoms with Crippen LogP contribution in [0.15, 0.2) is 66.7 Å². The molecule has 11 heteroatoms. The highest BCUT2D eigenvalue weighted by atomic mass is 32.2. The molecule has 1 unspecified atom stereocenters. The van der Waals surface area contributed by atoms with Crippen LogP contribution in [-0.4, -0.2) is 43.5 Å². The second kappa shape index (κ2) is 14.1. The summed E-state index contributed by atoms with van der Waals surface area (Å²) in [4.78, 5) is 25.1. The van der Waals surface area contributed by atoms with Gasteiger partial charge in [0.05, 0.1) is 24.0 Å². The van der Waals surface area contributed by atoms with Gasteiger partial charge in [0.15, 0.2) is 0 Å². The zero-order valence-electron chi connectivity index (χ0n) is 26.9. The standard InChI is InChI=1S/C35H45N3O7S/c1-34(2,3)35(45-33(37)41,22-30(39)25-14-17-27(36)18-15-25)21-23-10-12-24(13-11-23)26-16-19-29(32(40)38-46(4,42)43)31(20-26)44-28-8-6-5-7-9-28/h10-20,28,30,39H,5-9,21-22,36H2,1-4H3,(H2,37,41)(H,38,40)/t30-,35?/m1/s1. The number of carbonyl (C=O) groups excluding carboxylic acids is 2. The highest BCUT2D eigenvalue weighted by Crippen LogP contribution is 2.43. The van der Waals surface area contributed by atoms with E-state index >= 15 is 0 Å². The van der Waals surface area contributed by atoms with E-state index in [1.54, 1.807) is 42.5 Å². The van der Waals surface area contributed by atoms with Crippen LogP contribution in [0.5, 0.6) is 5.75 Å². The van der Waals surface area contributed by atoms with Crippen molar-refractivity contribution in [2.24, 2.45) is 11.1 Å². The Kier molecular flexibility index (Phi) is 10.7. The number of rotatable bonds is 11. The minimum Gasteiger partial charge on any atom is -0.490 e. The van der Waals surface area contributed by atoms with E-state index in [9.17, 15) is 23.1 Å². The third-order valence-electron chi connectivity index (χ3n) is 8.63. The number of anilines is 1. The molecule has 0 bridgehead atoms. The second-order valence-corrected chi connectivity index (χ2v) is 15.0. The molecule has 0 saturated heterocycles. The fourth-order valence-electron chi connectivity index (χ4n) is 5.93. The Balaban J connectivity index is 1.64. The van der Waals surface area contributed by atoms with Gasteiger partial charge >= 0.3 is 6.09 Å². The van der Waals surface area contributed by atoms with E-state index in [4.69, 9.17) is 20.9 Å². The van der Waals surface area contributed by atoms with Crippen LogP contribution in [0.4, 0.5) is 10.5 Å². The van der Waals surface area contributed by atoms with Crippen molar-refractivity contribution in [2.75, 3.05) is 12.0 Å². The van der Waals surface area contributed by atoms with Gasteiger partial charge in [-0.3, -0.25) is 4.79 Å². The van der Waals surface area contributed by atoms with Crippen molar-refractivity contribution in [3.8, 4) is 16.9 Å². The number of sulfonamides is 1. The first-order valence-corrected chi connectivity index (χ1v) is 17.4. The van der Waals surface area contributed by atoms with Crippen molar-refractivity contribution >= 4 is 27.7 Å². The molecule has 0 heterocycles. The summed E-state index contributed by atoms with van der Waals surface area (Å²) in [5.74, 6) is -0.419. The lowest BCUT2D eigenvalue weighted by atomic mass is 9.69. The molecule has 1 aliphatic rings. The first-order chi connectivity index (χ1) is 21.5. The monoisotopic (exact) mass is 651 g/mol. The van der Waals surface area contributed by atoms with E-state index in [0.29, 0.717) is 17.0 Å². The molecule has 1 aliphatic carbocycles. The summed E-state index contributed by atoms with van der Waals surface area (Å²) in [6.45, 7) is 5.82. The number of primary amides is 1. The topological polar surface area (TPSA) is 171 Å². The molecule has 0 radical (unpaired) electrons. The predicted molar refractivity (Wildman–Crippen MR) is 179 cm³/mol. The van der Waals surface area contributed by atoms with Crippen molar-refractivity contribution < 1.29 is 32.6 Å². The quantitative estimate of drug-likeness (QED) is 0.186. The van der Waals surface area contributed by atoms with Gasteiger partial charge in [-0.1, -0.05) is 69.7 Å². The minimum absolute atomic E-state index is 0.0597. The van der Waals surface area contributed by atoms with E-state index in [2.05, 4.69) is 0 Å². The molecule has 0 aliphatic heterocycles.